The Balaban J connectivity index is 2.14. The molecule has 1 aliphatic rings. The van der Waals surface area contributed by atoms with E-state index in [4.69, 9.17) is 0 Å². The van der Waals surface area contributed by atoms with Crippen molar-refractivity contribution in [3.05, 3.63) is 53.1 Å². The molecule has 0 unspecified atom stereocenters. The second-order valence-electron chi connectivity index (χ2n) is 5.52. The zero-order chi connectivity index (χ0) is 17.5. The van der Waals surface area contributed by atoms with E-state index < -0.39 is 17.6 Å². The number of halogens is 3. The first kappa shape index (κ1) is 16.0. The van der Waals surface area contributed by atoms with Gasteiger partial charge in [-0.25, -0.2) is 0 Å². The van der Waals surface area contributed by atoms with E-state index >= 15 is 0 Å². The number of carbonyl (C=O) groups excluding carboxylic acids is 1. The van der Waals surface area contributed by atoms with E-state index in [1.54, 1.807) is 12.1 Å². The molecule has 0 spiro atoms. The zero-order valence-electron chi connectivity index (χ0n) is 12.6. The molecule has 1 heterocycles. The van der Waals surface area contributed by atoms with Crippen molar-refractivity contribution in [2.24, 2.45) is 4.99 Å². The number of nitrogens with one attached hydrogen (secondary N) is 1. The Bertz CT molecular complexity index is 857. The van der Waals surface area contributed by atoms with Crippen LogP contribution < -0.4 is 5.32 Å². The lowest BCUT2D eigenvalue weighted by atomic mass is 10.1. The number of hydrogen-bond acceptors (Lipinski definition) is 3. The second-order valence-corrected chi connectivity index (χ2v) is 5.52. The van der Waals surface area contributed by atoms with Crippen molar-refractivity contribution >= 4 is 23.0 Å². The number of rotatable bonds is 1. The van der Waals surface area contributed by atoms with E-state index in [1.165, 1.54) is 25.1 Å². The molecule has 124 valence electrons. The average molecular weight is 334 g/mol. The van der Waals surface area contributed by atoms with Crippen molar-refractivity contribution < 1.29 is 23.1 Å². The summed E-state index contributed by atoms with van der Waals surface area (Å²) in [6.07, 6.45) is -4.60. The summed E-state index contributed by atoms with van der Waals surface area (Å²) in [5.41, 5.74) is 0.406. The molecule has 24 heavy (non-hydrogen) atoms. The lowest BCUT2D eigenvalue weighted by Gasteiger charge is -2.13. The van der Waals surface area contributed by atoms with Crippen molar-refractivity contribution in [1.29, 1.82) is 0 Å². The van der Waals surface area contributed by atoms with Gasteiger partial charge < -0.3 is 10.4 Å². The fourth-order valence-corrected chi connectivity index (χ4v) is 2.57. The number of benzene rings is 2. The van der Waals surface area contributed by atoms with Crippen molar-refractivity contribution in [2.75, 3.05) is 5.32 Å². The quantitative estimate of drug-likeness (QED) is 0.822. The molecule has 7 heteroatoms. The number of hydrogen-bond donors (Lipinski definition) is 2. The van der Waals surface area contributed by atoms with Gasteiger partial charge in [0.1, 0.15) is 5.75 Å². The summed E-state index contributed by atoms with van der Waals surface area (Å²) >= 11 is 0. The van der Waals surface area contributed by atoms with Gasteiger partial charge in [-0.05, 0) is 36.8 Å². The Kier molecular flexibility index (Phi) is 3.79. The van der Waals surface area contributed by atoms with Gasteiger partial charge in [-0.3, -0.25) is 9.79 Å². The molecule has 0 saturated carbocycles. The number of amides is 1. The predicted molar refractivity (Wildman–Crippen MR) is 83.7 cm³/mol. The molecule has 0 aromatic heterocycles. The van der Waals surface area contributed by atoms with Crippen LogP contribution in [-0.2, 0) is 11.0 Å². The van der Waals surface area contributed by atoms with Crippen LogP contribution in [0.25, 0.3) is 0 Å². The smallest absolute Gasteiger partial charge is 0.416 e. The highest BCUT2D eigenvalue weighted by molar-refractivity contribution is 6.17. The van der Waals surface area contributed by atoms with Gasteiger partial charge in [0.15, 0.2) is 0 Å². The van der Waals surface area contributed by atoms with E-state index in [0.29, 0.717) is 11.3 Å². The summed E-state index contributed by atoms with van der Waals surface area (Å²) in [4.78, 5) is 16.4. The summed E-state index contributed by atoms with van der Waals surface area (Å²) in [7, 11) is 0. The summed E-state index contributed by atoms with van der Waals surface area (Å²) in [6, 6.07) is 8.41. The predicted octanol–water partition coefficient (Wildman–Crippen LogP) is 4.18. The van der Waals surface area contributed by atoms with Gasteiger partial charge >= 0.3 is 6.18 Å². The topological polar surface area (TPSA) is 61.7 Å². The van der Waals surface area contributed by atoms with E-state index in [9.17, 15) is 23.1 Å². The van der Waals surface area contributed by atoms with Gasteiger partial charge in [0.25, 0.3) is 0 Å². The van der Waals surface area contributed by atoms with Crippen molar-refractivity contribution in [2.45, 2.75) is 19.5 Å². The highest BCUT2D eigenvalue weighted by atomic mass is 19.4. The molecule has 0 fully saturated rings. The van der Waals surface area contributed by atoms with Crippen molar-refractivity contribution in [3.63, 3.8) is 0 Å². The second kappa shape index (κ2) is 5.67. The Morgan fingerprint density at radius 1 is 1.21 bits per heavy atom. The first-order valence-electron chi connectivity index (χ1n) is 7.13. The minimum atomic E-state index is -4.51. The molecule has 0 atom stereocenters. The molecule has 2 N–H and O–H groups in total. The Morgan fingerprint density at radius 3 is 2.62 bits per heavy atom. The van der Waals surface area contributed by atoms with Gasteiger partial charge in [-0.1, -0.05) is 12.1 Å². The minimum Gasteiger partial charge on any atom is -0.508 e. The summed E-state index contributed by atoms with van der Waals surface area (Å²) in [6.45, 7) is 1.35. The number of carbonyl (C=O) groups is 1. The number of aryl methyl sites for hydroxylation is 1. The number of aliphatic imine (C=N–C) groups is 1. The fraction of sp³-hybridized carbons (Fsp3) is 0.176. The Labute approximate surface area is 135 Å². The molecule has 0 saturated heterocycles. The monoisotopic (exact) mass is 334 g/mol. The van der Waals surface area contributed by atoms with Crippen LogP contribution in [0.3, 0.4) is 0 Å². The standard InChI is InChI=1S/C17H13F3N2O2/c1-9-5-14-15(7-12(9)17(18,19)20)22-16(24)8-13(21-14)10-3-2-4-11(23)6-10/h2-7,23H,8H2,1H3,(H,22,24). The third-order valence-corrected chi connectivity index (χ3v) is 3.68. The van der Waals surface area contributed by atoms with Gasteiger partial charge in [-0.15, -0.1) is 0 Å². The number of nitrogens with zero attached hydrogens (tertiary/aromatic N) is 1. The molecule has 0 aliphatic carbocycles. The maximum Gasteiger partial charge on any atom is 0.416 e. The van der Waals surface area contributed by atoms with E-state index in [2.05, 4.69) is 10.3 Å². The lowest BCUT2D eigenvalue weighted by molar-refractivity contribution is -0.138. The molecule has 1 aliphatic heterocycles. The molecule has 4 nitrogen and oxygen atoms in total. The van der Waals surface area contributed by atoms with Gasteiger partial charge in [-0.2, -0.15) is 13.2 Å². The van der Waals surface area contributed by atoms with Crippen LogP contribution >= 0.6 is 0 Å². The number of aromatic hydroxyl groups is 1. The average Bonchev–Trinajstić information content (AvgIpc) is 2.63. The Morgan fingerprint density at radius 2 is 1.96 bits per heavy atom. The Hall–Kier alpha value is -2.83. The maximum absolute atomic E-state index is 13.0. The van der Waals surface area contributed by atoms with Crippen molar-refractivity contribution in [1.82, 2.24) is 0 Å². The van der Waals surface area contributed by atoms with Crippen LogP contribution in [0, 0.1) is 6.92 Å². The third kappa shape index (κ3) is 3.10. The first-order chi connectivity index (χ1) is 11.2. The van der Waals surface area contributed by atoms with Crippen LogP contribution in [0.2, 0.25) is 0 Å². The zero-order valence-corrected chi connectivity index (χ0v) is 12.6. The molecule has 2 aromatic rings. The number of phenols is 1. The van der Waals surface area contributed by atoms with Gasteiger partial charge in [0.2, 0.25) is 5.91 Å². The van der Waals surface area contributed by atoms with Crippen LogP contribution in [0.15, 0.2) is 41.4 Å². The van der Waals surface area contributed by atoms with E-state index in [1.807, 2.05) is 0 Å². The van der Waals surface area contributed by atoms with Crippen LogP contribution in [0.1, 0.15) is 23.1 Å². The fourth-order valence-electron chi connectivity index (χ4n) is 2.57. The van der Waals surface area contributed by atoms with E-state index in [-0.39, 0.29) is 29.1 Å². The van der Waals surface area contributed by atoms with Crippen LogP contribution in [0.4, 0.5) is 24.5 Å². The lowest BCUT2D eigenvalue weighted by Crippen LogP contribution is -2.15. The third-order valence-electron chi connectivity index (χ3n) is 3.68. The number of phenolic OH excluding ortho intramolecular Hbond substituents is 1. The summed E-state index contributed by atoms with van der Waals surface area (Å²) < 4.78 is 39.1. The number of alkyl halides is 3. The summed E-state index contributed by atoms with van der Waals surface area (Å²) in [5, 5.41) is 12.0. The summed E-state index contributed by atoms with van der Waals surface area (Å²) in [5.74, 6) is -0.448. The van der Waals surface area contributed by atoms with Gasteiger partial charge in [0, 0.05) is 5.56 Å². The van der Waals surface area contributed by atoms with E-state index in [0.717, 1.165) is 6.07 Å². The maximum atomic E-state index is 13.0. The van der Waals surface area contributed by atoms with Gasteiger partial charge in [0.05, 0.1) is 29.1 Å². The highest BCUT2D eigenvalue weighted by Gasteiger charge is 2.33. The number of anilines is 1. The SMILES string of the molecule is Cc1cc2c(cc1C(F)(F)F)NC(=O)CC(c1cccc(O)c1)=N2. The normalized spacial score (nSPS) is 14.5. The number of fused-ring (bicyclic) bond motifs is 1. The molecule has 2 aromatic carbocycles. The first-order valence-corrected chi connectivity index (χ1v) is 7.13. The van der Waals surface area contributed by atoms with Crippen LogP contribution in [-0.4, -0.2) is 16.7 Å². The largest absolute Gasteiger partial charge is 0.508 e. The van der Waals surface area contributed by atoms with Crippen molar-refractivity contribution in [3.8, 4) is 5.75 Å². The molecule has 0 radical (unpaired) electrons. The molecule has 3 rings (SSSR count). The highest BCUT2D eigenvalue weighted by Crippen LogP contribution is 2.39. The molecule has 0 bridgehead atoms. The van der Waals surface area contributed by atoms with Crippen LogP contribution in [0.5, 0.6) is 5.75 Å². The molecule has 1 amide bonds. The minimum absolute atomic E-state index is 0.0173. The molecular formula is C17H13F3N2O2. The molecular weight excluding hydrogens is 321 g/mol.